The van der Waals surface area contributed by atoms with E-state index in [1.807, 2.05) is 13.8 Å². The number of nitrogens with one attached hydrogen (secondary N) is 1. The van der Waals surface area contributed by atoms with Crippen LogP contribution in [0.25, 0.3) is 0 Å². The van der Waals surface area contributed by atoms with Crippen LogP contribution in [0.4, 0.5) is 0 Å². The van der Waals surface area contributed by atoms with Crippen molar-refractivity contribution < 1.29 is 19.1 Å². The van der Waals surface area contributed by atoms with E-state index in [-0.39, 0.29) is 18.5 Å². The van der Waals surface area contributed by atoms with Crippen molar-refractivity contribution in [1.82, 2.24) is 5.32 Å². The number of carbonyl (C=O) groups is 2. The molecule has 0 aliphatic rings. The van der Waals surface area contributed by atoms with Crippen LogP contribution in [0.15, 0.2) is 0 Å². The van der Waals surface area contributed by atoms with E-state index >= 15 is 0 Å². The first-order chi connectivity index (χ1) is 8.15. The Kier molecular flexibility index (Phi) is 6.91. The number of ether oxygens (including phenoxy) is 2. The van der Waals surface area contributed by atoms with Crippen LogP contribution < -0.4 is 5.32 Å². The maximum atomic E-state index is 11.5. The van der Waals surface area contributed by atoms with Gasteiger partial charge in [0.1, 0.15) is 11.6 Å². The molecule has 1 atom stereocenters. The Balaban J connectivity index is 4.26. The highest BCUT2D eigenvalue weighted by Gasteiger charge is 2.22. The fourth-order valence-electron chi connectivity index (χ4n) is 1.46. The molecule has 0 bridgehead atoms. The summed E-state index contributed by atoms with van der Waals surface area (Å²) in [6.07, 6.45) is 0.621. The highest BCUT2D eigenvalue weighted by molar-refractivity contribution is 5.77. The van der Waals surface area contributed by atoms with Gasteiger partial charge in [-0.15, -0.1) is 0 Å². The van der Waals surface area contributed by atoms with E-state index in [1.165, 1.54) is 7.11 Å². The Morgan fingerprint density at radius 3 is 2.17 bits per heavy atom. The number of esters is 2. The lowest BCUT2D eigenvalue weighted by atomic mass is 10.0. The van der Waals surface area contributed by atoms with Gasteiger partial charge in [0.15, 0.2) is 0 Å². The molecular weight excluding hydrogens is 234 g/mol. The zero-order chi connectivity index (χ0) is 14.3. The molecule has 0 saturated carbocycles. The van der Waals surface area contributed by atoms with Gasteiger partial charge in [0.05, 0.1) is 13.7 Å². The molecule has 0 aromatic rings. The largest absolute Gasteiger partial charge is 0.468 e. The molecule has 0 unspecified atom stereocenters. The molecular formula is C13H25NO4. The third kappa shape index (κ3) is 8.06. The second kappa shape index (κ2) is 7.36. The van der Waals surface area contributed by atoms with Crippen molar-refractivity contribution in [1.29, 1.82) is 0 Å². The van der Waals surface area contributed by atoms with Crippen LogP contribution in [0.3, 0.4) is 0 Å². The van der Waals surface area contributed by atoms with Gasteiger partial charge in [-0.3, -0.25) is 14.9 Å². The minimum atomic E-state index is -0.516. The normalized spacial score (nSPS) is 13.3. The van der Waals surface area contributed by atoms with Gasteiger partial charge in [0.2, 0.25) is 0 Å². The lowest BCUT2D eigenvalue weighted by molar-refractivity contribution is -0.154. The van der Waals surface area contributed by atoms with E-state index in [1.54, 1.807) is 20.8 Å². The van der Waals surface area contributed by atoms with E-state index in [2.05, 4.69) is 5.32 Å². The number of carbonyl (C=O) groups excluding carboxylic acids is 2. The molecule has 1 N–H and O–H groups in total. The number of hydrogen-bond donors (Lipinski definition) is 1. The molecule has 18 heavy (non-hydrogen) atoms. The molecule has 0 heterocycles. The lowest BCUT2D eigenvalue weighted by Crippen LogP contribution is -2.42. The standard InChI is InChI=1S/C13H25NO4/c1-9(2)7-10(12(16)17-6)14-8-11(15)18-13(3,4)5/h9-10,14H,7-8H2,1-6H3/t10-/m1/s1. The van der Waals surface area contributed by atoms with Gasteiger partial charge in [0, 0.05) is 0 Å². The molecule has 0 aliphatic heterocycles. The first kappa shape index (κ1) is 16.9. The van der Waals surface area contributed by atoms with Crippen molar-refractivity contribution in [3.8, 4) is 0 Å². The zero-order valence-corrected chi connectivity index (χ0v) is 12.2. The Hall–Kier alpha value is -1.10. The molecule has 0 radical (unpaired) electrons. The fourth-order valence-corrected chi connectivity index (χ4v) is 1.46. The quantitative estimate of drug-likeness (QED) is 0.732. The zero-order valence-electron chi connectivity index (χ0n) is 12.2. The minimum absolute atomic E-state index is 0.00373. The number of methoxy groups -OCH3 is 1. The van der Waals surface area contributed by atoms with E-state index < -0.39 is 11.6 Å². The van der Waals surface area contributed by atoms with Crippen molar-refractivity contribution in [2.24, 2.45) is 5.92 Å². The third-order valence-electron chi connectivity index (χ3n) is 2.11. The highest BCUT2D eigenvalue weighted by atomic mass is 16.6. The van der Waals surface area contributed by atoms with E-state index in [4.69, 9.17) is 9.47 Å². The first-order valence-electron chi connectivity index (χ1n) is 6.18. The third-order valence-corrected chi connectivity index (χ3v) is 2.11. The summed E-state index contributed by atoms with van der Waals surface area (Å²) in [6.45, 7) is 9.42. The van der Waals surface area contributed by atoms with Gasteiger partial charge in [0.25, 0.3) is 0 Å². The molecule has 0 aliphatic carbocycles. The molecule has 0 saturated heterocycles. The van der Waals surface area contributed by atoms with Crippen LogP contribution in [-0.2, 0) is 19.1 Å². The molecule has 5 nitrogen and oxygen atoms in total. The van der Waals surface area contributed by atoms with Gasteiger partial charge >= 0.3 is 11.9 Å². The number of rotatable bonds is 6. The molecule has 0 aromatic heterocycles. The van der Waals surface area contributed by atoms with Gasteiger partial charge in [-0.2, -0.15) is 0 Å². The summed E-state index contributed by atoms with van der Waals surface area (Å²) in [5, 5.41) is 2.88. The lowest BCUT2D eigenvalue weighted by Gasteiger charge is -2.22. The highest BCUT2D eigenvalue weighted by Crippen LogP contribution is 2.08. The number of hydrogen-bond acceptors (Lipinski definition) is 5. The minimum Gasteiger partial charge on any atom is -0.468 e. The van der Waals surface area contributed by atoms with Crippen molar-refractivity contribution in [2.45, 2.75) is 52.7 Å². The maximum absolute atomic E-state index is 11.5. The average Bonchev–Trinajstić information content (AvgIpc) is 2.20. The molecule has 5 heteroatoms. The van der Waals surface area contributed by atoms with Crippen molar-refractivity contribution in [2.75, 3.05) is 13.7 Å². The van der Waals surface area contributed by atoms with Crippen LogP contribution in [0.5, 0.6) is 0 Å². The summed E-state index contributed by atoms with van der Waals surface area (Å²) in [5.74, 6) is -0.396. The van der Waals surface area contributed by atoms with Crippen LogP contribution in [-0.4, -0.2) is 37.2 Å². The topological polar surface area (TPSA) is 64.6 Å². The van der Waals surface area contributed by atoms with Crippen molar-refractivity contribution in [3.05, 3.63) is 0 Å². The van der Waals surface area contributed by atoms with Crippen LogP contribution >= 0.6 is 0 Å². The van der Waals surface area contributed by atoms with E-state index in [0.717, 1.165) is 0 Å². The predicted octanol–water partition coefficient (Wildman–Crippen LogP) is 1.51. The SMILES string of the molecule is COC(=O)[C@@H](CC(C)C)NCC(=O)OC(C)(C)C. The van der Waals surface area contributed by atoms with Crippen LogP contribution in [0, 0.1) is 5.92 Å². The monoisotopic (exact) mass is 259 g/mol. The molecule has 106 valence electrons. The summed E-state index contributed by atoms with van der Waals surface area (Å²) in [5.41, 5.74) is -0.516. The maximum Gasteiger partial charge on any atom is 0.322 e. The fraction of sp³-hybridized carbons (Fsp3) is 0.846. The summed E-state index contributed by atoms with van der Waals surface area (Å²) in [7, 11) is 1.34. The van der Waals surface area contributed by atoms with Gasteiger partial charge in [-0.1, -0.05) is 13.8 Å². The summed E-state index contributed by atoms with van der Waals surface area (Å²) >= 11 is 0. The molecule has 0 aromatic carbocycles. The van der Waals surface area contributed by atoms with E-state index in [9.17, 15) is 9.59 Å². The van der Waals surface area contributed by atoms with Crippen LogP contribution in [0.1, 0.15) is 41.0 Å². The molecule has 0 fully saturated rings. The van der Waals surface area contributed by atoms with Gasteiger partial charge in [-0.25, -0.2) is 0 Å². The van der Waals surface area contributed by atoms with E-state index in [0.29, 0.717) is 12.3 Å². The summed E-state index contributed by atoms with van der Waals surface area (Å²) in [6, 6.07) is -0.470. The Bertz CT molecular complexity index is 281. The Morgan fingerprint density at radius 2 is 1.78 bits per heavy atom. The Morgan fingerprint density at radius 1 is 1.22 bits per heavy atom. The summed E-state index contributed by atoms with van der Waals surface area (Å²) in [4.78, 5) is 23.0. The molecule has 0 amide bonds. The van der Waals surface area contributed by atoms with Crippen molar-refractivity contribution >= 4 is 11.9 Å². The molecule has 0 rings (SSSR count). The molecule has 0 spiro atoms. The average molecular weight is 259 g/mol. The summed E-state index contributed by atoms with van der Waals surface area (Å²) < 4.78 is 9.85. The smallest absolute Gasteiger partial charge is 0.322 e. The van der Waals surface area contributed by atoms with Crippen molar-refractivity contribution in [3.63, 3.8) is 0 Å². The predicted molar refractivity (Wildman–Crippen MR) is 69.1 cm³/mol. The van der Waals surface area contributed by atoms with Crippen LogP contribution in [0.2, 0.25) is 0 Å². The second-order valence-corrected chi connectivity index (χ2v) is 5.67. The Labute approximate surface area is 109 Å². The van der Waals surface area contributed by atoms with Gasteiger partial charge < -0.3 is 9.47 Å². The first-order valence-corrected chi connectivity index (χ1v) is 6.18. The second-order valence-electron chi connectivity index (χ2n) is 5.67. The van der Waals surface area contributed by atoms with Gasteiger partial charge in [-0.05, 0) is 33.1 Å².